The lowest BCUT2D eigenvalue weighted by atomic mass is 10.1. The fourth-order valence-corrected chi connectivity index (χ4v) is 2.75. The first kappa shape index (κ1) is 19.9. The van der Waals surface area contributed by atoms with Crippen LogP contribution in [0, 0.1) is 0 Å². The zero-order valence-corrected chi connectivity index (χ0v) is 15.5. The molecule has 0 radical (unpaired) electrons. The summed E-state index contributed by atoms with van der Waals surface area (Å²) in [5.74, 6) is -1.15. The molecule has 1 atom stereocenters. The lowest BCUT2D eigenvalue weighted by Gasteiger charge is -2.19. The number of carbonyl (C=O) groups is 2. The summed E-state index contributed by atoms with van der Waals surface area (Å²) >= 11 is 5.19. The number of nitrogens with one attached hydrogen (secondary N) is 2. The second-order valence-corrected chi connectivity index (χ2v) is 6.33. The maximum atomic E-state index is 11.9. The van der Waals surface area contributed by atoms with Crippen LogP contribution in [-0.4, -0.2) is 16.8 Å². The number of nitrogens with two attached hydrogens (primary N) is 3. The Bertz CT molecular complexity index is 892. The number of primary amides is 2. The van der Waals surface area contributed by atoms with Gasteiger partial charge in [-0.3, -0.25) is 9.59 Å². The summed E-state index contributed by atoms with van der Waals surface area (Å²) in [4.78, 5) is 23.9. The Morgan fingerprint density at radius 1 is 1.07 bits per heavy atom. The van der Waals surface area contributed by atoms with Gasteiger partial charge in [-0.05, 0) is 36.8 Å². The summed E-state index contributed by atoms with van der Waals surface area (Å²) < 4.78 is 0. The van der Waals surface area contributed by atoms with Crippen molar-refractivity contribution in [1.82, 2.24) is 0 Å². The van der Waals surface area contributed by atoms with E-state index in [4.69, 9.17) is 29.4 Å². The van der Waals surface area contributed by atoms with Gasteiger partial charge in [-0.15, -0.1) is 0 Å². The molecule has 8 heteroatoms. The van der Waals surface area contributed by atoms with Crippen molar-refractivity contribution in [1.29, 1.82) is 0 Å². The molecule has 2 rings (SSSR count). The third-order valence-corrected chi connectivity index (χ3v) is 3.85. The van der Waals surface area contributed by atoms with Gasteiger partial charge in [-0.1, -0.05) is 42.5 Å². The predicted molar refractivity (Wildman–Crippen MR) is 111 cm³/mol. The highest BCUT2D eigenvalue weighted by Gasteiger charge is 2.18. The molecule has 0 heterocycles. The van der Waals surface area contributed by atoms with Gasteiger partial charge in [0.05, 0.1) is 11.3 Å². The van der Waals surface area contributed by atoms with Crippen molar-refractivity contribution < 1.29 is 9.59 Å². The number of anilines is 2. The summed E-state index contributed by atoms with van der Waals surface area (Å²) in [6.07, 6.45) is 1.55. The minimum absolute atomic E-state index is 0.251. The molecule has 0 unspecified atom stereocenters. The summed E-state index contributed by atoms with van der Waals surface area (Å²) in [7, 11) is 0. The fourth-order valence-electron chi connectivity index (χ4n) is 2.46. The number of hydrogen-bond donors (Lipinski definition) is 5. The zero-order valence-electron chi connectivity index (χ0n) is 14.7. The molecule has 0 saturated heterocycles. The van der Waals surface area contributed by atoms with Crippen LogP contribution in [-0.2, 0) is 4.79 Å². The van der Waals surface area contributed by atoms with Crippen LogP contribution in [0.1, 0.15) is 28.9 Å². The number of thiocarbonyl (C=S) groups is 1. The molecule has 0 aliphatic rings. The summed E-state index contributed by atoms with van der Waals surface area (Å²) in [5, 5.41) is 5.99. The SMILES string of the molecule is CC(N)=CC(=S)Nc1cc(N[C@@H](C(N)=O)c2ccccc2)ccc1C(N)=O. The van der Waals surface area contributed by atoms with Crippen LogP contribution >= 0.6 is 12.2 Å². The highest BCUT2D eigenvalue weighted by atomic mass is 32.1. The van der Waals surface area contributed by atoms with Gasteiger partial charge >= 0.3 is 0 Å². The van der Waals surface area contributed by atoms with Crippen LogP contribution in [0.4, 0.5) is 11.4 Å². The maximum Gasteiger partial charge on any atom is 0.250 e. The molecule has 0 bridgehead atoms. The van der Waals surface area contributed by atoms with Crippen molar-refractivity contribution in [2.24, 2.45) is 17.2 Å². The van der Waals surface area contributed by atoms with E-state index in [1.807, 2.05) is 18.2 Å². The molecule has 7 nitrogen and oxygen atoms in total. The maximum absolute atomic E-state index is 11.9. The molecular weight excluding hydrogens is 362 g/mol. The molecule has 0 saturated carbocycles. The van der Waals surface area contributed by atoms with Gasteiger partial charge in [0.25, 0.3) is 5.91 Å². The molecule has 140 valence electrons. The van der Waals surface area contributed by atoms with Gasteiger partial charge in [-0.25, -0.2) is 0 Å². The molecule has 8 N–H and O–H groups in total. The second-order valence-electron chi connectivity index (χ2n) is 5.89. The molecule has 27 heavy (non-hydrogen) atoms. The molecule has 0 aliphatic heterocycles. The highest BCUT2D eigenvalue weighted by Crippen LogP contribution is 2.25. The molecule has 0 aromatic heterocycles. The van der Waals surface area contributed by atoms with Crippen molar-refractivity contribution in [3.63, 3.8) is 0 Å². The number of hydrogen-bond acceptors (Lipinski definition) is 5. The van der Waals surface area contributed by atoms with Crippen LogP contribution in [0.5, 0.6) is 0 Å². The number of benzene rings is 2. The number of allylic oxidation sites excluding steroid dienone is 1. The lowest BCUT2D eigenvalue weighted by molar-refractivity contribution is -0.118. The number of rotatable bonds is 7. The summed E-state index contributed by atoms with van der Waals surface area (Å²) in [6, 6.07) is 13.1. The van der Waals surface area contributed by atoms with Gasteiger partial charge in [0, 0.05) is 11.4 Å². The van der Waals surface area contributed by atoms with E-state index in [0.717, 1.165) is 5.56 Å². The predicted octanol–water partition coefficient (Wildman–Crippen LogP) is 2.03. The topological polar surface area (TPSA) is 136 Å². The van der Waals surface area contributed by atoms with E-state index < -0.39 is 17.9 Å². The average Bonchev–Trinajstić information content (AvgIpc) is 2.59. The van der Waals surface area contributed by atoms with Gasteiger partial charge in [0.15, 0.2) is 0 Å². The van der Waals surface area contributed by atoms with E-state index in [0.29, 0.717) is 22.1 Å². The first-order chi connectivity index (χ1) is 12.8. The highest BCUT2D eigenvalue weighted by molar-refractivity contribution is 7.81. The van der Waals surface area contributed by atoms with Crippen LogP contribution in [0.2, 0.25) is 0 Å². The first-order valence-electron chi connectivity index (χ1n) is 8.07. The second kappa shape index (κ2) is 8.81. The minimum Gasteiger partial charge on any atom is -0.402 e. The van der Waals surface area contributed by atoms with E-state index in [1.54, 1.807) is 37.3 Å². The quantitative estimate of drug-likeness (QED) is 0.366. The Kier molecular flexibility index (Phi) is 6.51. The Morgan fingerprint density at radius 2 is 1.74 bits per heavy atom. The largest absolute Gasteiger partial charge is 0.402 e. The van der Waals surface area contributed by atoms with Gasteiger partial charge in [0.1, 0.15) is 11.0 Å². The van der Waals surface area contributed by atoms with E-state index in [1.165, 1.54) is 6.07 Å². The van der Waals surface area contributed by atoms with Gasteiger partial charge < -0.3 is 27.8 Å². The molecule has 0 aliphatic carbocycles. The van der Waals surface area contributed by atoms with Crippen molar-refractivity contribution in [3.05, 3.63) is 71.4 Å². The third-order valence-electron chi connectivity index (χ3n) is 3.63. The van der Waals surface area contributed by atoms with Crippen molar-refractivity contribution >= 4 is 40.4 Å². The average molecular weight is 383 g/mol. The first-order valence-corrected chi connectivity index (χ1v) is 8.48. The number of amides is 2. The normalized spacial score (nSPS) is 12.1. The lowest BCUT2D eigenvalue weighted by Crippen LogP contribution is -2.27. The summed E-state index contributed by atoms with van der Waals surface area (Å²) in [5.41, 5.74) is 19.0. The molecule has 0 fully saturated rings. The van der Waals surface area contributed by atoms with E-state index in [-0.39, 0.29) is 5.56 Å². The zero-order chi connectivity index (χ0) is 20.0. The van der Waals surface area contributed by atoms with Crippen molar-refractivity contribution in [2.45, 2.75) is 13.0 Å². The van der Waals surface area contributed by atoms with Crippen LogP contribution in [0.25, 0.3) is 0 Å². The van der Waals surface area contributed by atoms with E-state index >= 15 is 0 Å². The molecular formula is C19H21N5O2S. The number of carbonyl (C=O) groups excluding carboxylic acids is 2. The van der Waals surface area contributed by atoms with Crippen LogP contribution in [0.3, 0.4) is 0 Å². The Balaban J connectivity index is 2.35. The standard InChI is InChI=1S/C19H21N5O2S/c1-11(20)9-16(27)24-15-10-13(7-8-14(15)18(21)25)23-17(19(22)26)12-5-3-2-4-6-12/h2-10,17,23H,20H2,1H3,(H2,21,25)(H2,22,26)(H,24,27)/t17-/m1/s1. The van der Waals surface area contributed by atoms with Crippen molar-refractivity contribution in [3.8, 4) is 0 Å². The molecule has 2 aromatic carbocycles. The third kappa shape index (κ3) is 5.55. The molecule has 2 aromatic rings. The Morgan fingerprint density at radius 3 is 2.30 bits per heavy atom. The van der Waals surface area contributed by atoms with E-state index in [9.17, 15) is 9.59 Å². The van der Waals surface area contributed by atoms with Gasteiger partial charge in [0.2, 0.25) is 5.91 Å². The smallest absolute Gasteiger partial charge is 0.250 e. The van der Waals surface area contributed by atoms with Crippen LogP contribution < -0.4 is 27.8 Å². The fraction of sp³-hybridized carbons (Fsp3) is 0.105. The van der Waals surface area contributed by atoms with E-state index in [2.05, 4.69) is 10.6 Å². The monoisotopic (exact) mass is 383 g/mol. The Hall–Kier alpha value is -3.39. The Labute approximate surface area is 162 Å². The van der Waals surface area contributed by atoms with Gasteiger partial charge in [-0.2, -0.15) is 0 Å². The van der Waals surface area contributed by atoms with Crippen molar-refractivity contribution in [2.75, 3.05) is 10.6 Å². The molecule has 0 spiro atoms. The minimum atomic E-state index is -0.739. The summed E-state index contributed by atoms with van der Waals surface area (Å²) in [6.45, 7) is 1.69. The molecule has 2 amide bonds. The van der Waals surface area contributed by atoms with Crippen LogP contribution in [0.15, 0.2) is 60.3 Å².